The maximum absolute atomic E-state index is 13.0. The number of benzene rings is 1. The SMILES string of the molecule is Cc1c(C(=O)NC2CCC3CNCCC3C2)nnn1-c1cccc2cnccc12. The van der Waals surface area contributed by atoms with Crippen LogP contribution in [0.25, 0.3) is 16.5 Å². The fourth-order valence-electron chi connectivity index (χ4n) is 4.97. The lowest BCUT2D eigenvalue weighted by Gasteiger charge is -2.39. The summed E-state index contributed by atoms with van der Waals surface area (Å²) in [6.45, 7) is 4.12. The first-order chi connectivity index (χ1) is 14.2. The predicted molar refractivity (Wildman–Crippen MR) is 111 cm³/mol. The molecule has 150 valence electrons. The summed E-state index contributed by atoms with van der Waals surface area (Å²) in [6, 6.07) is 8.17. The third-order valence-corrected chi connectivity index (χ3v) is 6.57. The molecule has 1 aliphatic heterocycles. The third kappa shape index (κ3) is 3.40. The van der Waals surface area contributed by atoms with E-state index in [2.05, 4.69) is 25.9 Å². The van der Waals surface area contributed by atoms with E-state index in [1.54, 1.807) is 10.9 Å². The van der Waals surface area contributed by atoms with Gasteiger partial charge >= 0.3 is 0 Å². The molecule has 3 atom stereocenters. The maximum atomic E-state index is 13.0. The highest BCUT2D eigenvalue weighted by Gasteiger charge is 2.33. The van der Waals surface area contributed by atoms with E-state index >= 15 is 0 Å². The normalized spacial score (nSPS) is 24.2. The smallest absolute Gasteiger partial charge is 0.273 e. The summed E-state index contributed by atoms with van der Waals surface area (Å²) < 4.78 is 1.75. The third-order valence-electron chi connectivity index (χ3n) is 6.57. The first-order valence-electron chi connectivity index (χ1n) is 10.5. The Labute approximate surface area is 169 Å². The van der Waals surface area contributed by atoms with Gasteiger partial charge in [-0.05, 0) is 69.7 Å². The van der Waals surface area contributed by atoms with Crippen molar-refractivity contribution in [3.05, 3.63) is 48.0 Å². The topological polar surface area (TPSA) is 84.7 Å². The molecule has 7 nitrogen and oxygen atoms in total. The van der Waals surface area contributed by atoms with E-state index in [0.717, 1.165) is 59.9 Å². The van der Waals surface area contributed by atoms with Gasteiger partial charge in [0.15, 0.2) is 5.69 Å². The highest BCUT2D eigenvalue weighted by molar-refractivity contribution is 5.94. The molecule has 2 fully saturated rings. The van der Waals surface area contributed by atoms with Crippen molar-refractivity contribution in [3.8, 4) is 5.69 Å². The maximum Gasteiger partial charge on any atom is 0.273 e. The Morgan fingerprint density at radius 1 is 1.21 bits per heavy atom. The predicted octanol–water partition coefficient (Wildman–Crippen LogP) is 2.63. The lowest BCUT2D eigenvalue weighted by Crippen LogP contribution is -2.46. The summed E-state index contributed by atoms with van der Waals surface area (Å²) in [5.41, 5.74) is 2.06. The van der Waals surface area contributed by atoms with Crippen LogP contribution in [-0.4, -0.2) is 45.0 Å². The fraction of sp³-hybridized carbons (Fsp3) is 0.455. The van der Waals surface area contributed by atoms with Gasteiger partial charge in [0.1, 0.15) is 0 Å². The van der Waals surface area contributed by atoms with E-state index in [9.17, 15) is 4.79 Å². The van der Waals surface area contributed by atoms with Crippen molar-refractivity contribution >= 4 is 16.7 Å². The van der Waals surface area contributed by atoms with Crippen LogP contribution in [-0.2, 0) is 0 Å². The van der Waals surface area contributed by atoms with Crippen LogP contribution in [0.5, 0.6) is 0 Å². The Kier molecular flexibility index (Phi) is 4.75. The molecule has 0 spiro atoms. The average Bonchev–Trinajstić information content (AvgIpc) is 3.14. The number of pyridine rings is 1. The molecule has 7 heteroatoms. The Balaban J connectivity index is 1.36. The van der Waals surface area contributed by atoms with Crippen molar-refractivity contribution < 1.29 is 4.79 Å². The van der Waals surface area contributed by atoms with E-state index in [-0.39, 0.29) is 11.9 Å². The first kappa shape index (κ1) is 18.2. The Bertz CT molecular complexity index is 1040. The number of rotatable bonds is 3. The Hall–Kier alpha value is -2.80. The molecule has 1 saturated carbocycles. The summed E-state index contributed by atoms with van der Waals surface area (Å²) >= 11 is 0. The monoisotopic (exact) mass is 390 g/mol. The van der Waals surface area contributed by atoms with Crippen LogP contribution in [0.3, 0.4) is 0 Å². The van der Waals surface area contributed by atoms with Gasteiger partial charge in [-0.25, -0.2) is 4.68 Å². The quantitative estimate of drug-likeness (QED) is 0.718. The molecule has 2 N–H and O–H groups in total. The number of amides is 1. The van der Waals surface area contributed by atoms with Crippen molar-refractivity contribution in [3.63, 3.8) is 0 Å². The number of aromatic nitrogens is 4. The molecule has 1 saturated heterocycles. The van der Waals surface area contributed by atoms with Gasteiger partial charge in [0.05, 0.1) is 11.4 Å². The van der Waals surface area contributed by atoms with Gasteiger partial charge < -0.3 is 10.6 Å². The van der Waals surface area contributed by atoms with Crippen LogP contribution in [0.2, 0.25) is 0 Å². The number of carbonyl (C=O) groups is 1. The van der Waals surface area contributed by atoms with Crippen molar-refractivity contribution in [1.82, 2.24) is 30.6 Å². The minimum Gasteiger partial charge on any atom is -0.348 e. The number of carbonyl (C=O) groups excluding carboxylic acids is 1. The van der Waals surface area contributed by atoms with Gasteiger partial charge in [-0.15, -0.1) is 5.10 Å². The van der Waals surface area contributed by atoms with Gasteiger partial charge in [-0.2, -0.15) is 0 Å². The molecule has 29 heavy (non-hydrogen) atoms. The van der Waals surface area contributed by atoms with Crippen molar-refractivity contribution in [2.45, 2.75) is 38.6 Å². The number of hydrogen-bond donors (Lipinski definition) is 2. The summed E-state index contributed by atoms with van der Waals surface area (Å²) in [7, 11) is 0. The highest BCUT2D eigenvalue weighted by Crippen LogP contribution is 2.34. The van der Waals surface area contributed by atoms with Gasteiger partial charge in [0.2, 0.25) is 0 Å². The molecule has 1 amide bonds. The number of nitrogens with zero attached hydrogens (tertiary/aromatic N) is 4. The van der Waals surface area contributed by atoms with Crippen molar-refractivity contribution in [2.24, 2.45) is 11.8 Å². The molecular formula is C22H26N6O. The number of hydrogen-bond acceptors (Lipinski definition) is 5. The molecule has 3 aromatic rings. The summed E-state index contributed by atoms with van der Waals surface area (Å²) in [5.74, 6) is 1.37. The van der Waals surface area contributed by atoms with Gasteiger partial charge in [0, 0.05) is 29.2 Å². The fourth-order valence-corrected chi connectivity index (χ4v) is 4.97. The van der Waals surface area contributed by atoms with Crippen LogP contribution < -0.4 is 10.6 Å². The average molecular weight is 390 g/mol. The van der Waals surface area contributed by atoms with E-state index < -0.39 is 0 Å². The molecule has 0 radical (unpaired) electrons. The minimum absolute atomic E-state index is 0.118. The van der Waals surface area contributed by atoms with Crippen molar-refractivity contribution in [2.75, 3.05) is 13.1 Å². The van der Waals surface area contributed by atoms with E-state index in [0.29, 0.717) is 5.69 Å². The Morgan fingerprint density at radius 3 is 3.07 bits per heavy atom. The second-order valence-corrected chi connectivity index (χ2v) is 8.31. The Morgan fingerprint density at radius 2 is 2.14 bits per heavy atom. The zero-order chi connectivity index (χ0) is 19.8. The molecule has 2 aliphatic rings. The van der Waals surface area contributed by atoms with Crippen LogP contribution in [0, 0.1) is 18.8 Å². The number of nitrogens with one attached hydrogen (secondary N) is 2. The lowest BCUT2D eigenvalue weighted by atomic mass is 9.73. The summed E-state index contributed by atoms with van der Waals surface area (Å²) in [5, 5.41) is 17.3. The van der Waals surface area contributed by atoms with Crippen molar-refractivity contribution in [1.29, 1.82) is 0 Å². The van der Waals surface area contributed by atoms with Gasteiger partial charge in [-0.3, -0.25) is 9.78 Å². The molecule has 1 aromatic carbocycles. The zero-order valence-corrected chi connectivity index (χ0v) is 16.6. The van der Waals surface area contributed by atoms with E-state index in [4.69, 9.17) is 0 Å². The summed E-state index contributed by atoms with van der Waals surface area (Å²) in [6.07, 6.45) is 8.10. The zero-order valence-electron chi connectivity index (χ0n) is 16.6. The van der Waals surface area contributed by atoms with Gasteiger partial charge in [-0.1, -0.05) is 17.3 Å². The van der Waals surface area contributed by atoms with E-state index in [1.165, 1.54) is 12.8 Å². The van der Waals surface area contributed by atoms with Crippen LogP contribution >= 0.6 is 0 Å². The molecule has 0 bridgehead atoms. The van der Waals surface area contributed by atoms with Crippen LogP contribution in [0.1, 0.15) is 41.9 Å². The van der Waals surface area contributed by atoms with Crippen LogP contribution in [0.15, 0.2) is 36.7 Å². The molecule has 1 aliphatic carbocycles. The first-order valence-corrected chi connectivity index (χ1v) is 10.5. The highest BCUT2D eigenvalue weighted by atomic mass is 16.2. The van der Waals surface area contributed by atoms with Crippen LogP contribution in [0.4, 0.5) is 0 Å². The largest absolute Gasteiger partial charge is 0.348 e. The number of fused-ring (bicyclic) bond motifs is 2. The van der Waals surface area contributed by atoms with E-state index in [1.807, 2.05) is 37.4 Å². The second-order valence-electron chi connectivity index (χ2n) is 8.31. The minimum atomic E-state index is -0.118. The molecular weight excluding hydrogens is 364 g/mol. The number of piperidine rings is 1. The lowest BCUT2D eigenvalue weighted by molar-refractivity contribution is 0.0882. The molecule has 3 unspecified atom stereocenters. The standard InChI is InChI=1S/C22H26N6O/c1-14-21(22(29)25-18-6-5-16-12-23-9-7-15(16)11-18)26-27-28(14)20-4-2-3-17-13-24-10-8-19(17)20/h2-4,8,10,13,15-16,18,23H,5-7,9,11-12H2,1H3,(H,25,29). The molecule has 5 rings (SSSR count). The molecule has 3 heterocycles. The van der Waals surface area contributed by atoms with Gasteiger partial charge in [0.25, 0.3) is 5.91 Å². The molecule has 2 aromatic heterocycles. The summed E-state index contributed by atoms with van der Waals surface area (Å²) in [4.78, 5) is 17.1. The second kappa shape index (κ2) is 7.55.